The predicted octanol–water partition coefficient (Wildman–Crippen LogP) is 5.47. The van der Waals surface area contributed by atoms with E-state index in [-0.39, 0.29) is 5.82 Å². The molecule has 0 spiro atoms. The lowest BCUT2D eigenvalue weighted by molar-refractivity contribution is 0.280. The second-order valence-corrected chi connectivity index (χ2v) is 6.92. The van der Waals surface area contributed by atoms with Crippen molar-refractivity contribution in [2.24, 2.45) is 0 Å². The number of benzene rings is 3. The Balaban J connectivity index is 1.73. The average Bonchev–Trinajstić information content (AvgIpc) is 2.70. The molecule has 0 radical (unpaired) electrons. The first-order valence-electron chi connectivity index (χ1n) is 8.64. The minimum atomic E-state index is -0.231. The van der Waals surface area contributed by atoms with Crippen molar-refractivity contribution in [1.82, 2.24) is 5.32 Å². The Morgan fingerprint density at radius 1 is 0.889 bits per heavy atom. The summed E-state index contributed by atoms with van der Waals surface area (Å²) in [5, 5.41) is 3.38. The number of hydrogen-bond donors (Lipinski definition) is 1. The first-order valence-corrected chi connectivity index (χ1v) is 9.44. The van der Waals surface area contributed by atoms with Crippen LogP contribution in [0.3, 0.4) is 0 Å². The fourth-order valence-electron chi connectivity index (χ4n) is 2.73. The molecule has 3 aromatic carbocycles. The van der Waals surface area contributed by atoms with Crippen LogP contribution in [0.2, 0.25) is 0 Å². The van der Waals surface area contributed by atoms with E-state index >= 15 is 0 Å². The van der Waals surface area contributed by atoms with Gasteiger partial charge in [0.15, 0.2) is 11.5 Å². The van der Waals surface area contributed by atoms with Crippen LogP contribution in [0.15, 0.2) is 71.2 Å². The van der Waals surface area contributed by atoms with E-state index in [0.29, 0.717) is 31.2 Å². The number of methoxy groups -OCH3 is 1. The van der Waals surface area contributed by atoms with Gasteiger partial charge in [-0.1, -0.05) is 58.4 Å². The van der Waals surface area contributed by atoms with Crippen LogP contribution in [0.25, 0.3) is 0 Å². The van der Waals surface area contributed by atoms with Gasteiger partial charge in [0.1, 0.15) is 12.4 Å². The van der Waals surface area contributed by atoms with E-state index in [1.54, 1.807) is 19.2 Å². The Bertz CT molecular complexity index is 869. The minimum Gasteiger partial charge on any atom is -0.493 e. The van der Waals surface area contributed by atoms with Crippen LogP contribution in [0.1, 0.15) is 16.7 Å². The predicted molar refractivity (Wildman–Crippen MR) is 108 cm³/mol. The Labute approximate surface area is 167 Å². The quantitative estimate of drug-likeness (QED) is 0.515. The largest absolute Gasteiger partial charge is 0.493 e. The lowest BCUT2D eigenvalue weighted by atomic mass is 10.1. The molecule has 0 amide bonds. The van der Waals surface area contributed by atoms with Gasteiger partial charge >= 0.3 is 0 Å². The molecule has 0 aliphatic heterocycles. The van der Waals surface area contributed by atoms with Crippen LogP contribution in [-0.4, -0.2) is 7.11 Å². The van der Waals surface area contributed by atoms with Gasteiger partial charge in [-0.3, -0.25) is 0 Å². The van der Waals surface area contributed by atoms with E-state index in [4.69, 9.17) is 9.47 Å². The number of rotatable bonds is 8. The molecule has 3 aromatic rings. The van der Waals surface area contributed by atoms with Crippen LogP contribution in [-0.2, 0) is 19.7 Å². The normalized spacial score (nSPS) is 10.6. The van der Waals surface area contributed by atoms with Crippen molar-refractivity contribution < 1.29 is 13.9 Å². The van der Waals surface area contributed by atoms with Crippen LogP contribution in [0.4, 0.5) is 4.39 Å². The fraction of sp³-hybridized carbons (Fsp3) is 0.182. The Kier molecular flexibility index (Phi) is 6.85. The van der Waals surface area contributed by atoms with Gasteiger partial charge in [-0.2, -0.15) is 0 Å². The van der Waals surface area contributed by atoms with Crippen molar-refractivity contribution in [1.29, 1.82) is 0 Å². The summed E-state index contributed by atoms with van der Waals surface area (Å²) in [5.41, 5.74) is 3.08. The SMILES string of the molecule is COc1ccc(Br)c(CNCc2ccc(F)cc2)c1OCc1ccccc1. The number of nitrogens with one attached hydrogen (secondary N) is 1. The van der Waals surface area contributed by atoms with E-state index in [2.05, 4.69) is 21.2 Å². The molecule has 0 bridgehead atoms. The van der Waals surface area contributed by atoms with Crippen molar-refractivity contribution in [2.45, 2.75) is 19.7 Å². The van der Waals surface area contributed by atoms with Crippen molar-refractivity contribution in [2.75, 3.05) is 7.11 Å². The Morgan fingerprint density at radius 3 is 2.33 bits per heavy atom. The topological polar surface area (TPSA) is 30.5 Å². The van der Waals surface area contributed by atoms with Crippen molar-refractivity contribution >= 4 is 15.9 Å². The molecular weight excluding hydrogens is 409 g/mol. The summed E-state index contributed by atoms with van der Waals surface area (Å²) in [4.78, 5) is 0. The molecule has 5 heteroatoms. The number of ether oxygens (including phenoxy) is 2. The van der Waals surface area contributed by atoms with E-state index in [0.717, 1.165) is 21.2 Å². The van der Waals surface area contributed by atoms with Gasteiger partial charge in [-0.05, 0) is 35.4 Å². The van der Waals surface area contributed by atoms with Gasteiger partial charge in [0.25, 0.3) is 0 Å². The fourth-order valence-corrected chi connectivity index (χ4v) is 3.18. The molecule has 0 heterocycles. The van der Waals surface area contributed by atoms with Gasteiger partial charge < -0.3 is 14.8 Å². The van der Waals surface area contributed by atoms with Crippen molar-refractivity contribution in [3.8, 4) is 11.5 Å². The summed E-state index contributed by atoms with van der Waals surface area (Å²) in [5.74, 6) is 1.17. The van der Waals surface area contributed by atoms with E-state index < -0.39 is 0 Å². The second kappa shape index (κ2) is 9.53. The molecule has 0 aliphatic rings. The summed E-state index contributed by atoms with van der Waals surface area (Å²) >= 11 is 3.61. The monoisotopic (exact) mass is 429 g/mol. The summed E-state index contributed by atoms with van der Waals surface area (Å²) < 4.78 is 25.6. The Morgan fingerprint density at radius 2 is 1.63 bits per heavy atom. The molecule has 1 N–H and O–H groups in total. The summed E-state index contributed by atoms with van der Waals surface area (Å²) in [6.07, 6.45) is 0. The summed E-state index contributed by atoms with van der Waals surface area (Å²) in [6, 6.07) is 20.3. The highest BCUT2D eigenvalue weighted by Crippen LogP contribution is 2.36. The van der Waals surface area contributed by atoms with Gasteiger partial charge in [-0.25, -0.2) is 4.39 Å². The van der Waals surface area contributed by atoms with E-state index in [1.807, 2.05) is 42.5 Å². The third-order valence-corrected chi connectivity index (χ3v) is 4.90. The molecule has 140 valence electrons. The molecule has 0 aliphatic carbocycles. The van der Waals surface area contributed by atoms with Gasteiger partial charge in [0, 0.05) is 23.1 Å². The molecule has 0 fully saturated rings. The lowest BCUT2D eigenvalue weighted by Crippen LogP contribution is -2.14. The van der Waals surface area contributed by atoms with Crippen LogP contribution in [0.5, 0.6) is 11.5 Å². The van der Waals surface area contributed by atoms with Gasteiger partial charge in [-0.15, -0.1) is 0 Å². The first kappa shape index (κ1) is 19.4. The van der Waals surface area contributed by atoms with Crippen LogP contribution >= 0.6 is 15.9 Å². The average molecular weight is 430 g/mol. The third kappa shape index (κ3) is 5.31. The maximum absolute atomic E-state index is 13.0. The first-order chi connectivity index (χ1) is 13.2. The minimum absolute atomic E-state index is 0.231. The molecule has 0 unspecified atom stereocenters. The zero-order valence-electron chi connectivity index (χ0n) is 15.0. The van der Waals surface area contributed by atoms with E-state index in [9.17, 15) is 4.39 Å². The highest BCUT2D eigenvalue weighted by atomic mass is 79.9. The summed E-state index contributed by atoms with van der Waals surface area (Å²) in [7, 11) is 1.63. The molecule has 0 aromatic heterocycles. The highest BCUT2D eigenvalue weighted by Gasteiger charge is 2.14. The second-order valence-electron chi connectivity index (χ2n) is 6.06. The molecule has 0 saturated heterocycles. The summed E-state index contributed by atoms with van der Waals surface area (Å²) in [6.45, 7) is 1.67. The van der Waals surface area contributed by atoms with Crippen LogP contribution < -0.4 is 14.8 Å². The molecule has 3 rings (SSSR count). The van der Waals surface area contributed by atoms with Crippen molar-refractivity contribution in [3.63, 3.8) is 0 Å². The zero-order valence-corrected chi connectivity index (χ0v) is 16.6. The number of hydrogen-bond acceptors (Lipinski definition) is 3. The van der Waals surface area contributed by atoms with Gasteiger partial charge in [0.05, 0.1) is 7.11 Å². The lowest BCUT2D eigenvalue weighted by Gasteiger charge is -2.17. The maximum Gasteiger partial charge on any atom is 0.167 e. The van der Waals surface area contributed by atoms with E-state index in [1.165, 1.54) is 12.1 Å². The van der Waals surface area contributed by atoms with Crippen molar-refractivity contribution in [3.05, 3.63) is 93.7 Å². The molecular formula is C22H21BrFNO2. The molecule has 0 saturated carbocycles. The maximum atomic E-state index is 13.0. The highest BCUT2D eigenvalue weighted by molar-refractivity contribution is 9.10. The molecule has 0 atom stereocenters. The standard InChI is InChI=1S/C22H21BrFNO2/c1-26-21-12-11-20(23)19(14-25-13-16-7-9-18(24)10-8-16)22(21)27-15-17-5-3-2-4-6-17/h2-12,25H,13-15H2,1H3. The number of halogens is 2. The zero-order chi connectivity index (χ0) is 19.1. The van der Waals surface area contributed by atoms with Crippen LogP contribution in [0, 0.1) is 5.82 Å². The third-order valence-electron chi connectivity index (χ3n) is 4.16. The smallest absolute Gasteiger partial charge is 0.167 e. The Hall–Kier alpha value is -2.37. The molecule has 3 nitrogen and oxygen atoms in total. The molecule has 27 heavy (non-hydrogen) atoms. The van der Waals surface area contributed by atoms with Gasteiger partial charge in [0.2, 0.25) is 0 Å².